The Morgan fingerprint density at radius 1 is 0.452 bits per heavy atom. The van der Waals surface area contributed by atoms with Crippen molar-refractivity contribution in [3.8, 4) is 11.1 Å². The Hall–Kier alpha value is -5.73. The summed E-state index contributed by atoms with van der Waals surface area (Å²) in [6.45, 7) is 20.9. The molecule has 0 amide bonds. The molecular formula is C58H60B2N2. The molecule has 308 valence electrons. The van der Waals surface area contributed by atoms with Crippen molar-refractivity contribution in [2.24, 2.45) is 0 Å². The number of anilines is 6. The van der Waals surface area contributed by atoms with Crippen LogP contribution in [0.3, 0.4) is 0 Å². The van der Waals surface area contributed by atoms with Crippen molar-refractivity contribution in [2.45, 2.75) is 105 Å². The predicted octanol–water partition coefficient (Wildman–Crippen LogP) is 11.6. The molecule has 0 bridgehead atoms. The summed E-state index contributed by atoms with van der Waals surface area (Å²) in [5.41, 5.74) is 25.3. The fourth-order valence-corrected chi connectivity index (χ4v) is 10.7. The Bertz CT molecular complexity index is 2790. The van der Waals surface area contributed by atoms with Gasteiger partial charge in [-0.1, -0.05) is 186 Å². The summed E-state index contributed by atoms with van der Waals surface area (Å²) >= 11 is 0. The van der Waals surface area contributed by atoms with Crippen LogP contribution in [0.2, 0.25) is 0 Å². The zero-order chi connectivity index (χ0) is 43.1. The van der Waals surface area contributed by atoms with Crippen molar-refractivity contribution in [1.82, 2.24) is 0 Å². The number of benzene rings is 7. The minimum atomic E-state index is -0.000346. The molecule has 2 nitrogen and oxygen atoms in total. The molecular weight excluding hydrogens is 746 g/mol. The summed E-state index contributed by atoms with van der Waals surface area (Å²) in [6.07, 6.45) is 6.22. The van der Waals surface area contributed by atoms with E-state index in [1.807, 2.05) is 0 Å². The Balaban J connectivity index is 1.20. The molecule has 3 aliphatic rings. The Morgan fingerprint density at radius 2 is 1.02 bits per heavy atom. The van der Waals surface area contributed by atoms with Crippen molar-refractivity contribution < 1.29 is 0 Å². The van der Waals surface area contributed by atoms with Gasteiger partial charge in [0.2, 0.25) is 6.71 Å². The lowest BCUT2D eigenvalue weighted by Gasteiger charge is -2.44. The molecule has 7 aromatic rings. The highest BCUT2D eigenvalue weighted by atomic mass is 15.2. The maximum absolute atomic E-state index is 2.59. The van der Waals surface area contributed by atoms with Gasteiger partial charge in [0.1, 0.15) is 0 Å². The van der Waals surface area contributed by atoms with E-state index in [2.05, 4.69) is 212 Å². The number of rotatable bonds is 8. The van der Waals surface area contributed by atoms with E-state index in [-0.39, 0.29) is 24.3 Å². The van der Waals surface area contributed by atoms with Crippen LogP contribution in [0.5, 0.6) is 0 Å². The molecule has 0 fully saturated rings. The minimum absolute atomic E-state index is 0.000346. The zero-order valence-corrected chi connectivity index (χ0v) is 38.4. The van der Waals surface area contributed by atoms with Crippen molar-refractivity contribution >= 4 is 80.3 Å². The molecule has 0 aliphatic carbocycles. The van der Waals surface area contributed by atoms with Crippen LogP contribution in [-0.2, 0) is 17.3 Å². The normalized spacial score (nSPS) is 13.8. The van der Waals surface area contributed by atoms with Gasteiger partial charge in [0, 0.05) is 34.1 Å². The van der Waals surface area contributed by atoms with Crippen LogP contribution in [0.1, 0.15) is 102 Å². The van der Waals surface area contributed by atoms with Crippen molar-refractivity contribution in [1.29, 1.82) is 0 Å². The predicted molar refractivity (Wildman–Crippen MR) is 272 cm³/mol. The first kappa shape index (κ1) is 40.3. The van der Waals surface area contributed by atoms with Gasteiger partial charge in [-0.05, 0) is 130 Å². The molecule has 0 N–H and O–H groups in total. The summed E-state index contributed by atoms with van der Waals surface area (Å²) < 4.78 is 0. The molecule has 0 unspecified atom stereocenters. The number of unbranched alkanes of at least 4 members (excludes halogenated alkanes) is 3. The molecule has 0 radical (unpaired) electrons. The van der Waals surface area contributed by atoms with Crippen molar-refractivity contribution in [2.75, 3.05) is 9.80 Å². The minimum Gasteiger partial charge on any atom is -0.311 e. The monoisotopic (exact) mass is 806 g/mol. The van der Waals surface area contributed by atoms with Gasteiger partial charge in [-0.15, -0.1) is 0 Å². The second-order valence-electron chi connectivity index (χ2n) is 20.5. The summed E-state index contributed by atoms with van der Waals surface area (Å²) in [5.74, 6) is 0. The van der Waals surface area contributed by atoms with Crippen molar-refractivity contribution in [3.63, 3.8) is 0 Å². The van der Waals surface area contributed by atoms with E-state index < -0.39 is 0 Å². The quantitative estimate of drug-likeness (QED) is 0.111. The molecule has 10 rings (SSSR count). The standard InChI is InChI=1S/C58H60B2N2/c1-10-11-12-13-15-40-20-26-44(27-21-40)62-54-17-14-16-53-56(54)60(51-36-42(58(7,8)9)24-33-52(51)61(53)45-28-22-41(23-29-45)57(4,5)6)50-32-25-43(37-55(50)62)59-48-30-18-38(2)34-46(48)47-35-39(3)19-31-49(47)59/h14,16-37H,10-13,15H2,1-9H3. The third-order valence-electron chi connectivity index (χ3n) is 14.1. The molecule has 7 aromatic carbocycles. The first-order valence-electron chi connectivity index (χ1n) is 23.2. The van der Waals surface area contributed by atoms with Gasteiger partial charge in [0.15, 0.2) is 0 Å². The molecule has 0 atom stereocenters. The van der Waals surface area contributed by atoms with Gasteiger partial charge >= 0.3 is 0 Å². The highest BCUT2D eigenvalue weighted by Gasteiger charge is 2.44. The second kappa shape index (κ2) is 15.3. The van der Waals surface area contributed by atoms with Crippen molar-refractivity contribution in [3.05, 3.63) is 167 Å². The average Bonchev–Trinajstić information content (AvgIpc) is 3.57. The molecule has 62 heavy (non-hydrogen) atoms. The fraction of sp³-hybridized carbons (Fsp3) is 0.276. The summed E-state index contributed by atoms with van der Waals surface area (Å²) in [5, 5.41) is 0. The topological polar surface area (TPSA) is 6.48 Å². The smallest absolute Gasteiger partial charge is 0.252 e. The van der Waals surface area contributed by atoms with Crippen LogP contribution < -0.4 is 42.6 Å². The summed E-state index contributed by atoms with van der Waals surface area (Å²) in [7, 11) is 0. The Kier molecular flexibility index (Phi) is 9.93. The van der Waals surface area contributed by atoms with Gasteiger partial charge in [0.25, 0.3) is 6.71 Å². The Morgan fingerprint density at radius 3 is 1.61 bits per heavy atom. The maximum Gasteiger partial charge on any atom is 0.252 e. The number of aryl methyl sites for hydroxylation is 3. The van der Waals surface area contributed by atoms with Crippen LogP contribution in [-0.4, -0.2) is 13.4 Å². The SMILES string of the molecule is CCCCCCc1ccc(N2c3cc(B4c5ccc(C)cc5-c5cc(C)ccc54)ccc3B3c4cc(C(C)(C)C)ccc4N(c4ccc(C(C)(C)C)cc4)c4cccc2c43)cc1. The third kappa shape index (κ3) is 6.82. The second-order valence-corrected chi connectivity index (χ2v) is 20.5. The largest absolute Gasteiger partial charge is 0.311 e. The molecule has 0 aromatic heterocycles. The van der Waals surface area contributed by atoms with Crippen LogP contribution in [0.4, 0.5) is 34.1 Å². The van der Waals surface area contributed by atoms with Gasteiger partial charge < -0.3 is 9.80 Å². The van der Waals surface area contributed by atoms with Crippen LogP contribution in [0, 0.1) is 13.8 Å². The van der Waals surface area contributed by atoms with Gasteiger partial charge in [-0.2, -0.15) is 0 Å². The maximum atomic E-state index is 2.59. The molecule has 0 spiro atoms. The van der Waals surface area contributed by atoms with E-state index in [0.29, 0.717) is 0 Å². The highest BCUT2D eigenvalue weighted by Crippen LogP contribution is 2.45. The van der Waals surface area contributed by atoms with E-state index >= 15 is 0 Å². The molecule has 3 heterocycles. The van der Waals surface area contributed by atoms with Gasteiger partial charge in [-0.25, -0.2) is 0 Å². The van der Waals surface area contributed by atoms with Crippen LogP contribution in [0.25, 0.3) is 11.1 Å². The zero-order valence-electron chi connectivity index (χ0n) is 38.4. The van der Waals surface area contributed by atoms with E-state index in [1.54, 1.807) is 0 Å². The van der Waals surface area contributed by atoms with Crippen LogP contribution in [0.15, 0.2) is 140 Å². The number of fused-ring (bicyclic) bond motifs is 7. The number of hydrogen-bond acceptors (Lipinski definition) is 2. The first-order valence-corrected chi connectivity index (χ1v) is 23.2. The molecule has 4 heteroatoms. The lowest BCUT2D eigenvalue weighted by Crippen LogP contribution is -2.62. The Labute approximate surface area is 372 Å². The van der Waals surface area contributed by atoms with E-state index in [1.165, 1.54) is 132 Å². The number of hydrogen-bond donors (Lipinski definition) is 0. The number of nitrogens with zero attached hydrogens (tertiary/aromatic N) is 2. The lowest BCUT2D eigenvalue weighted by atomic mass is 9.32. The van der Waals surface area contributed by atoms with Gasteiger partial charge in [0.05, 0.1) is 0 Å². The van der Waals surface area contributed by atoms with Crippen LogP contribution >= 0.6 is 0 Å². The summed E-state index contributed by atoms with van der Waals surface area (Å²) in [6, 6.07) is 54.8. The molecule has 0 saturated carbocycles. The summed E-state index contributed by atoms with van der Waals surface area (Å²) in [4.78, 5) is 5.13. The van der Waals surface area contributed by atoms with E-state index in [9.17, 15) is 0 Å². The lowest BCUT2D eigenvalue weighted by molar-refractivity contribution is 0.590. The highest BCUT2D eigenvalue weighted by molar-refractivity contribution is 7.01. The fourth-order valence-electron chi connectivity index (χ4n) is 10.7. The molecule has 3 aliphatic heterocycles. The average molecular weight is 807 g/mol. The third-order valence-corrected chi connectivity index (χ3v) is 14.1. The van der Waals surface area contributed by atoms with Gasteiger partial charge in [-0.3, -0.25) is 0 Å². The molecule has 0 saturated heterocycles. The van der Waals surface area contributed by atoms with E-state index in [4.69, 9.17) is 0 Å². The van der Waals surface area contributed by atoms with E-state index in [0.717, 1.165) is 6.42 Å². The first-order chi connectivity index (χ1) is 29.8.